The number of benzene rings is 1. The molecule has 1 saturated heterocycles. The van der Waals surface area contributed by atoms with E-state index in [9.17, 15) is 17.6 Å². The molecule has 14 heteroatoms. The molecule has 2 fully saturated rings. The Labute approximate surface area is 236 Å². The molecule has 5 rings (SSSR count). The molecule has 1 aliphatic carbocycles. The Kier molecular flexibility index (Phi) is 7.85. The standard InChI is InChI=1S/C26H30ClFN8O3S/c1-40(38,39)35-8-2-3-17(14-35)32-23-11-22-21(13-31-23)33-26(34-24-19(27)9-15(12-29)10-20(24)28)36(22)18-6-4-16(5-7-18)25(30)37/h9-11,13,16-18H,2-8,14H2,1H3,(H2,30,37)(H,31,32)(H,33,34)/t16?,17-,18?/m1/s1. The van der Waals surface area contributed by atoms with Crippen molar-refractivity contribution < 1.29 is 17.6 Å². The molecular formula is C26H30ClFN8O3S. The summed E-state index contributed by atoms with van der Waals surface area (Å²) < 4.78 is 42.5. The van der Waals surface area contributed by atoms with Gasteiger partial charge in [0, 0.05) is 37.2 Å². The van der Waals surface area contributed by atoms with Crippen molar-refractivity contribution in [2.75, 3.05) is 30.0 Å². The summed E-state index contributed by atoms with van der Waals surface area (Å²) in [6, 6.07) is 6.05. The Morgan fingerprint density at radius 3 is 2.62 bits per heavy atom. The summed E-state index contributed by atoms with van der Waals surface area (Å²) >= 11 is 6.32. The van der Waals surface area contributed by atoms with Gasteiger partial charge in [-0.25, -0.2) is 27.1 Å². The number of nitriles is 1. The summed E-state index contributed by atoms with van der Waals surface area (Å²) in [4.78, 5) is 21.0. The van der Waals surface area contributed by atoms with Gasteiger partial charge < -0.3 is 20.9 Å². The number of aromatic nitrogens is 3. The van der Waals surface area contributed by atoms with Crippen LogP contribution in [-0.2, 0) is 14.8 Å². The molecule has 3 heterocycles. The maximum absolute atomic E-state index is 14.9. The van der Waals surface area contributed by atoms with Crippen LogP contribution in [0.1, 0.15) is 50.1 Å². The monoisotopic (exact) mass is 588 g/mol. The van der Waals surface area contributed by atoms with Crippen molar-refractivity contribution in [3.05, 3.63) is 40.8 Å². The van der Waals surface area contributed by atoms with Gasteiger partial charge in [0.2, 0.25) is 21.9 Å². The Bertz CT molecular complexity index is 1570. The number of hydrogen-bond acceptors (Lipinski definition) is 8. The highest BCUT2D eigenvalue weighted by molar-refractivity contribution is 7.88. The number of nitrogens with two attached hydrogens (primary N) is 1. The summed E-state index contributed by atoms with van der Waals surface area (Å²) in [5.41, 5.74) is 6.95. The van der Waals surface area contributed by atoms with Crippen LogP contribution < -0.4 is 16.4 Å². The van der Waals surface area contributed by atoms with E-state index in [2.05, 4.69) is 20.6 Å². The van der Waals surface area contributed by atoms with Gasteiger partial charge in [0.05, 0.1) is 40.3 Å². The highest BCUT2D eigenvalue weighted by atomic mass is 35.5. The number of carbonyl (C=O) groups excluding carboxylic acids is 1. The maximum atomic E-state index is 14.9. The summed E-state index contributed by atoms with van der Waals surface area (Å²) in [6.07, 6.45) is 6.91. The van der Waals surface area contributed by atoms with Crippen LogP contribution in [0.25, 0.3) is 11.0 Å². The van der Waals surface area contributed by atoms with E-state index in [-0.39, 0.29) is 40.2 Å². The van der Waals surface area contributed by atoms with E-state index in [4.69, 9.17) is 22.6 Å². The first-order chi connectivity index (χ1) is 19.0. The Hall–Kier alpha value is -3.47. The largest absolute Gasteiger partial charge is 0.369 e. The first kappa shape index (κ1) is 28.1. The van der Waals surface area contributed by atoms with Gasteiger partial charge in [0.15, 0.2) is 0 Å². The number of halogens is 2. The van der Waals surface area contributed by atoms with Crippen molar-refractivity contribution in [1.29, 1.82) is 5.26 Å². The number of piperidine rings is 1. The highest BCUT2D eigenvalue weighted by Gasteiger charge is 2.30. The van der Waals surface area contributed by atoms with E-state index in [1.165, 1.54) is 16.6 Å². The molecule has 1 amide bonds. The molecule has 40 heavy (non-hydrogen) atoms. The van der Waals surface area contributed by atoms with Crippen molar-refractivity contribution in [3.63, 3.8) is 0 Å². The quantitative estimate of drug-likeness (QED) is 0.375. The third kappa shape index (κ3) is 5.84. The second-order valence-corrected chi connectivity index (χ2v) is 12.8. The number of hydrogen-bond donors (Lipinski definition) is 3. The lowest BCUT2D eigenvalue weighted by atomic mass is 9.85. The predicted octanol–water partition coefficient (Wildman–Crippen LogP) is 3.89. The first-order valence-electron chi connectivity index (χ1n) is 13.1. The highest BCUT2D eigenvalue weighted by Crippen LogP contribution is 2.39. The number of primary amides is 1. The van der Waals surface area contributed by atoms with E-state index < -0.39 is 15.8 Å². The zero-order valence-corrected chi connectivity index (χ0v) is 23.5. The van der Waals surface area contributed by atoms with Crippen molar-refractivity contribution in [3.8, 4) is 6.07 Å². The number of rotatable bonds is 7. The minimum absolute atomic E-state index is 0.00238. The predicted molar refractivity (Wildman–Crippen MR) is 150 cm³/mol. The molecular weight excluding hydrogens is 559 g/mol. The fourth-order valence-electron chi connectivity index (χ4n) is 5.59. The maximum Gasteiger partial charge on any atom is 0.220 e. The van der Waals surface area contributed by atoms with Crippen molar-refractivity contribution in [2.45, 2.75) is 50.6 Å². The molecule has 2 aliphatic rings. The second-order valence-electron chi connectivity index (χ2n) is 10.4. The van der Waals surface area contributed by atoms with Crippen molar-refractivity contribution in [2.24, 2.45) is 11.7 Å². The number of sulfonamides is 1. The van der Waals surface area contributed by atoms with Crippen LogP contribution in [0.15, 0.2) is 24.4 Å². The number of anilines is 3. The fraction of sp³-hybridized carbons (Fsp3) is 0.462. The topological polar surface area (TPSA) is 159 Å². The minimum atomic E-state index is -3.30. The van der Waals surface area contributed by atoms with Crippen molar-refractivity contribution >= 4 is 56.0 Å². The van der Waals surface area contributed by atoms with Gasteiger partial charge in [-0.15, -0.1) is 0 Å². The Morgan fingerprint density at radius 2 is 1.98 bits per heavy atom. The molecule has 3 aromatic rings. The summed E-state index contributed by atoms with van der Waals surface area (Å²) in [5.74, 6) is -0.286. The third-order valence-corrected chi connectivity index (χ3v) is 9.22. The molecule has 0 radical (unpaired) electrons. The Morgan fingerprint density at radius 1 is 1.23 bits per heavy atom. The van der Waals surface area contributed by atoms with Gasteiger partial charge in [-0.1, -0.05) is 11.6 Å². The van der Waals surface area contributed by atoms with Gasteiger partial charge in [-0.2, -0.15) is 5.26 Å². The third-order valence-electron chi connectivity index (χ3n) is 7.65. The molecule has 1 aromatic carbocycles. The lowest BCUT2D eigenvalue weighted by Crippen LogP contribution is -2.44. The summed E-state index contributed by atoms with van der Waals surface area (Å²) in [6.45, 7) is 0.839. The molecule has 0 bridgehead atoms. The van der Waals surface area contributed by atoms with E-state index in [0.717, 1.165) is 24.4 Å². The van der Waals surface area contributed by atoms with E-state index in [1.807, 2.05) is 16.7 Å². The van der Waals surface area contributed by atoms with Gasteiger partial charge in [0.1, 0.15) is 17.2 Å². The van der Waals surface area contributed by atoms with Crippen LogP contribution in [-0.4, -0.2) is 58.6 Å². The normalized spacial score (nSPS) is 22.1. The van der Waals surface area contributed by atoms with Gasteiger partial charge in [-0.3, -0.25) is 4.79 Å². The molecule has 212 valence electrons. The van der Waals surface area contributed by atoms with E-state index >= 15 is 0 Å². The average molecular weight is 589 g/mol. The Balaban J connectivity index is 1.50. The van der Waals surface area contributed by atoms with Gasteiger partial charge >= 0.3 is 0 Å². The zero-order chi connectivity index (χ0) is 28.6. The number of imidazole rings is 1. The number of pyridine rings is 1. The van der Waals surface area contributed by atoms with Crippen molar-refractivity contribution in [1.82, 2.24) is 18.8 Å². The van der Waals surface area contributed by atoms with Gasteiger partial charge in [-0.05, 0) is 50.7 Å². The lowest BCUT2D eigenvalue weighted by Gasteiger charge is -2.31. The second kappa shape index (κ2) is 11.2. The number of amides is 1. The number of fused-ring (bicyclic) bond motifs is 1. The lowest BCUT2D eigenvalue weighted by molar-refractivity contribution is -0.122. The molecule has 1 saturated carbocycles. The number of nitrogens with one attached hydrogen (secondary N) is 2. The first-order valence-corrected chi connectivity index (χ1v) is 15.3. The molecule has 0 unspecified atom stereocenters. The minimum Gasteiger partial charge on any atom is -0.369 e. The molecule has 1 atom stereocenters. The van der Waals surface area contributed by atoms with Crippen LogP contribution in [0.3, 0.4) is 0 Å². The molecule has 4 N–H and O–H groups in total. The number of nitrogens with zero attached hydrogens (tertiary/aromatic N) is 5. The molecule has 2 aromatic heterocycles. The van der Waals surface area contributed by atoms with Crippen LogP contribution in [0.4, 0.5) is 21.8 Å². The summed E-state index contributed by atoms with van der Waals surface area (Å²) in [5, 5.41) is 15.6. The molecule has 11 nitrogen and oxygen atoms in total. The average Bonchev–Trinajstić information content (AvgIpc) is 3.27. The van der Waals surface area contributed by atoms with Crippen LogP contribution in [0.2, 0.25) is 5.02 Å². The van der Waals surface area contributed by atoms with Crippen LogP contribution in [0, 0.1) is 23.1 Å². The fourth-order valence-corrected chi connectivity index (χ4v) is 6.76. The van der Waals surface area contributed by atoms with Crippen LogP contribution >= 0.6 is 11.6 Å². The zero-order valence-electron chi connectivity index (χ0n) is 21.9. The van der Waals surface area contributed by atoms with E-state index in [0.29, 0.717) is 56.1 Å². The smallest absolute Gasteiger partial charge is 0.220 e. The summed E-state index contributed by atoms with van der Waals surface area (Å²) in [7, 11) is -3.30. The molecule has 1 aliphatic heterocycles. The van der Waals surface area contributed by atoms with E-state index in [1.54, 1.807) is 6.20 Å². The number of carbonyl (C=O) groups is 1. The molecule has 0 spiro atoms. The van der Waals surface area contributed by atoms with Crippen LogP contribution in [0.5, 0.6) is 0 Å². The van der Waals surface area contributed by atoms with Gasteiger partial charge in [0.25, 0.3) is 0 Å². The SMILES string of the molecule is CS(=O)(=O)N1CCC[C@@H](Nc2cc3c(cn2)nc(Nc2c(F)cc(C#N)cc2Cl)n3C2CCC(C(N)=O)CC2)C1.